The molecule has 2 aromatic carbocycles. The van der Waals surface area contributed by atoms with E-state index >= 15 is 0 Å². The molecule has 2 rings (SSSR count). The molecule has 0 saturated carbocycles. The summed E-state index contributed by atoms with van der Waals surface area (Å²) in [6.45, 7) is 0. The summed E-state index contributed by atoms with van der Waals surface area (Å²) < 4.78 is 25.4. The molecule has 0 heterocycles. The van der Waals surface area contributed by atoms with Gasteiger partial charge in [-0.05, 0) is 36.4 Å². The van der Waals surface area contributed by atoms with Gasteiger partial charge in [0.15, 0.2) is 0 Å². The van der Waals surface area contributed by atoms with Crippen LogP contribution in [0.15, 0.2) is 41.3 Å². The van der Waals surface area contributed by atoms with Crippen molar-refractivity contribution in [1.29, 1.82) is 0 Å². The summed E-state index contributed by atoms with van der Waals surface area (Å²) in [5.41, 5.74) is 0.307. The van der Waals surface area contributed by atoms with Crippen molar-refractivity contribution in [2.45, 2.75) is 4.90 Å². The zero-order valence-corrected chi connectivity index (χ0v) is 15.8. The van der Waals surface area contributed by atoms with Crippen molar-refractivity contribution in [3.05, 3.63) is 57.0 Å². The highest BCUT2D eigenvalue weighted by Gasteiger charge is 2.21. The summed E-state index contributed by atoms with van der Waals surface area (Å²) in [5.74, 6) is -0.597. The fourth-order valence-electron chi connectivity index (χ4n) is 1.83. The Morgan fingerprint density at radius 1 is 1.00 bits per heavy atom. The summed E-state index contributed by atoms with van der Waals surface area (Å²) in [6.07, 6.45) is 0. The third kappa shape index (κ3) is 4.02. The van der Waals surface area contributed by atoms with Gasteiger partial charge in [-0.15, -0.1) is 0 Å². The van der Waals surface area contributed by atoms with Crippen LogP contribution < -0.4 is 5.32 Å². The number of carbonyl (C=O) groups is 1. The van der Waals surface area contributed by atoms with Gasteiger partial charge in [0.2, 0.25) is 10.0 Å². The molecule has 0 radical (unpaired) electrons. The lowest BCUT2D eigenvalue weighted by Gasteiger charge is -2.13. The number of sulfonamides is 1. The van der Waals surface area contributed by atoms with E-state index in [2.05, 4.69) is 5.32 Å². The maximum atomic E-state index is 12.4. The zero-order chi connectivity index (χ0) is 18.1. The second-order valence-corrected chi connectivity index (χ2v) is 8.41. The molecule has 0 bridgehead atoms. The van der Waals surface area contributed by atoms with E-state index in [-0.39, 0.29) is 15.5 Å². The van der Waals surface area contributed by atoms with Crippen LogP contribution in [0.4, 0.5) is 5.69 Å². The number of halogens is 3. The molecule has 0 saturated heterocycles. The van der Waals surface area contributed by atoms with Gasteiger partial charge in [0, 0.05) is 19.1 Å². The van der Waals surface area contributed by atoms with E-state index in [0.717, 1.165) is 4.31 Å². The van der Waals surface area contributed by atoms with E-state index in [1.54, 1.807) is 6.07 Å². The Hall–Kier alpha value is -1.31. The molecule has 0 aromatic heterocycles. The molecule has 2 aromatic rings. The molecule has 0 aliphatic rings. The molecule has 0 aliphatic heterocycles. The van der Waals surface area contributed by atoms with Crippen molar-refractivity contribution in [1.82, 2.24) is 4.31 Å². The number of hydrogen-bond acceptors (Lipinski definition) is 3. The number of carbonyl (C=O) groups excluding carboxylic acids is 1. The zero-order valence-electron chi connectivity index (χ0n) is 12.7. The molecule has 0 fully saturated rings. The van der Waals surface area contributed by atoms with E-state index in [4.69, 9.17) is 34.8 Å². The highest BCUT2D eigenvalue weighted by Crippen LogP contribution is 2.28. The van der Waals surface area contributed by atoms with Crippen LogP contribution in [-0.4, -0.2) is 32.7 Å². The minimum atomic E-state index is -3.69. The van der Waals surface area contributed by atoms with Gasteiger partial charge in [0.05, 0.1) is 26.2 Å². The Bertz CT molecular complexity index is 899. The lowest BCUT2D eigenvalue weighted by molar-refractivity contribution is 0.102. The Kier molecular flexibility index (Phi) is 5.78. The molecular formula is C15H13Cl3N2O3S. The van der Waals surface area contributed by atoms with Crippen LogP contribution in [-0.2, 0) is 10.0 Å². The molecule has 0 unspecified atom stereocenters. The average Bonchev–Trinajstić information content (AvgIpc) is 2.50. The van der Waals surface area contributed by atoms with Gasteiger partial charge in [0.25, 0.3) is 5.91 Å². The largest absolute Gasteiger partial charge is 0.321 e. The second kappa shape index (κ2) is 7.29. The Morgan fingerprint density at radius 2 is 1.62 bits per heavy atom. The third-order valence-corrected chi connectivity index (χ3v) is 5.84. The topological polar surface area (TPSA) is 66.5 Å². The van der Waals surface area contributed by atoms with Crippen LogP contribution >= 0.6 is 34.8 Å². The minimum Gasteiger partial charge on any atom is -0.321 e. The normalized spacial score (nSPS) is 11.6. The van der Waals surface area contributed by atoms with Crippen molar-refractivity contribution in [3.63, 3.8) is 0 Å². The maximum absolute atomic E-state index is 12.4. The Morgan fingerprint density at radius 3 is 2.25 bits per heavy atom. The van der Waals surface area contributed by atoms with Crippen molar-refractivity contribution < 1.29 is 13.2 Å². The van der Waals surface area contributed by atoms with Gasteiger partial charge >= 0.3 is 0 Å². The quantitative estimate of drug-likeness (QED) is 0.828. The lowest BCUT2D eigenvalue weighted by atomic mass is 10.2. The first-order valence-electron chi connectivity index (χ1n) is 6.61. The summed E-state index contributed by atoms with van der Waals surface area (Å²) >= 11 is 17.9. The fourth-order valence-corrected chi connectivity index (χ4v) is 3.30. The summed E-state index contributed by atoms with van der Waals surface area (Å²) in [4.78, 5) is 12.4. The van der Waals surface area contributed by atoms with E-state index in [1.165, 1.54) is 44.4 Å². The number of hydrogen-bond donors (Lipinski definition) is 1. The highest BCUT2D eigenvalue weighted by atomic mass is 35.5. The molecule has 0 aliphatic carbocycles. The van der Waals surface area contributed by atoms with Gasteiger partial charge in [-0.2, -0.15) is 0 Å². The fraction of sp³-hybridized carbons (Fsp3) is 0.133. The first-order valence-corrected chi connectivity index (χ1v) is 9.19. The van der Waals surface area contributed by atoms with Gasteiger partial charge in [0.1, 0.15) is 0 Å². The van der Waals surface area contributed by atoms with E-state index < -0.39 is 15.9 Å². The molecule has 128 valence electrons. The molecule has 0 atom stereocenters. The number of nitrogens with zero attached hydrogens (tertiary/aromatic N) is 1. The number of anilines is 1. The van der Waals surface area contributed by atoms with Crippen LogP contribution in [0.25, 0.3) is 0 Å². The van der Waals surface area contributed by atoms with Crippen molar-refractivity contribution in [2.75, 3.05) is 19.4 Å². The summed E-state index contributed by atoms with van der Waals surface area (Å²) in [6, 6.07) is 8.50. The number of benzene rings is 2. The molecule has 9 heteroatoms. The molecule has 1 amide bonds. The van der Waals surface area contributed by atoms with Crippen LogP contribution in [0.1, 0.15) is 10.4 Å². The lowest BCUT2D eigenvalue weighted by Crippen LogP contribution is -2.23. The number of nitrogens with one attached hydrogen (secondary N) is 1. The van der Waals surface area contributed by atoms with E-state index in [1.807, 2.05) is 0 Å². The molecular weight excluding hydrogens is 395 g/mol. The van der Waals surface area contributed by atoms with E-state index in [9.17, 15) is 13.2 Å². The predicted molar refractivity (Wildman–Crippen MR) is 96.7 cm³/mol. The second-order valence-electron chi connectivity index (χ2n) is 5.01. The summed E-state index contributed by atoms with van der Waals surface area (Å²) in [5, 5.41) is 3.37. The van der Waals surface area contributed by atoms with Crippen LogP contribution in [0.3, 0.4) is 0 Å². The van der Waals surface area contributed by atoms with Crippen molar-refractivity contribution in [3.8, 4) is 0 Å². The number of rotatable bonds is 4. The minimum absolute atomic E-state index is 0.00985. The van der Waals surface area contributed by atoms with Crippen molar-refractivity contribution in [2.24, 2.45) is 0 Å². The number of amides is 1. The Balaban J connectivity index is 2.41. The maximum Gasteiger partial charge on any atom is 0.257 e. The molecule has 24 heavy (non-hydrogen) atoms. The average molecular weight is 408 g/mol. The van der Waals surface area contributed by atoms with Crippen LogP contribution in [0, 0.1) is 0 Å². The first-order chi connectivity index (χ1) is 11.1. The predicted octanol–water partition coefficient (Wildman–Crippen LogP) is 4.15. The van der Waals surface area contributed by atoms with Crippen molar-refractivity contribution >= 4 is 56.4 Å². The standard InChI is InChI=1S/C15H13Cl3N2O3S/c1-20(2)24(22,23)10-4-6-12(17)11(8-10)15(21)19-14-7-9(16)3-5-13(14)18/h3-8H,1-2H3,(H,19,21). The molecule has 1 N–H and O–H groups in total. The highest BCUT2D eigenvalue weighted by molar-refractivity contribution is 7.89. The van der Waals surface area contributed by atoms with Crippen LogP contribution in [0.5, 0.6) is 0 Å². The van der Waals surface area contributed by atoms with Crippen LogP contribution in [0.2, 0.25) is 15.1 Å². The molecule has 5 nitrogen and oxygen atoms in total. The SMILES string of the molecule is CN(C)S(=O)(=O)c1ccc(Cl)c(C(=O)Nc2cc(Cl)ccc2Cl)c1. The molecule has 0 spiro atoms. The van der Waals surface area contributed by atoms with E-state index in [0.29, 0.717) is 15.7 Å². The summed E-state index contributed by atoms with van der Waals surface area (Å²) in [7, 11) is -0.893. The van der Waals surface area contributed by atoms with Gasteiger partial charge in [-0.25, -0.2) is 12.7 Å². The third-order valence-electron chi connectivity index (χ3n) is 3.14. The van der Waals surface area contributed by atoms with Gasteiger partial charge in [-0.3, -0.25) is 4.79 Å². The smallest absolute Gasteiger partial charge is 0.257 e. The first kappa shape index (κ1) is 19.0. The van der Waals surface area contributed by atoms with Gasteiger partial charge in [-0.1, -0.05) is 34.8 Å². The van der Waals surface area contributed by atoms with Gasteiger partial charge < -0.3 is 5.32 Å². The Labute approximate surface area is 155 Å². The monoisotopic (exact) mass is 406 g/mol.